The number of furan rings is 1. The van der Waals surface area contributed by atoms with Gasteiger partial charge in [-0.25, -0.2) is 9.98 Å². The van der Waals surface area contributed by atoms with Crippen molar-refractivity contribution in [1.82, 2.24) is 5.32 Å². The van der Waals surface area contributed by atoms with E-state index in [0.717, 1.165) is 72.4 Å². The molecule has 0 amide bonds. The van der Waals surface area contributed by atoms with E-state index in [1.54, 1.807) is 0 Å². The van der Waals surface area contributed by atoms with Crippen molar-refractivity contribution >= 4 is 44.4 Å². The van der Waals surface area contributed by atoms with Crippen LogP contribution in [0.15, 0.2) is 202 Å². The number of amidine groups is 2. The number of fused-ring (bicyclic) bond motifs is 4. The molecular formula is C49H33N3O. The van der Waals surface area contributed by atoms with E-state index >= 15 is 0 Å². The lowest BCUT2D eigenvalue weighted by molar-refractivity contribution is 0.668. The molecule has 10 rings (SSSR count). The Hall–Kier alpha value is -7.04. The Kier molecular flexibility index (Phi) is 7.51. The van der Waals surface area contributed by atoms with Crippen LogP contribution in [0, 0.1) is 0 Å². The predicted octanol–water partition coefficient (Wildman–Crippen LogP) is 12.2. The number of aliphatic imine (C=N–C) groups is 2. The summed E-state index contributed by atoms with van der Waals surface area (Å²) in [5.74, 6) is 1.55. The summed E-state index contributed by atoms with van der Waals surface area (Å²) in [4.78, 5) is 10.6. The normalized spacial score (nSPS) is 14.2. The summed E-state index contributed by atoms with van der Waals surface area (Å²) in [6.45, 7) is 0. The molecule has 4 nitrogen and oxygen atoms in total. The van der Waals surface area contributed by atoms with Crippen molar-refractivity contribution < 1.29 is 4.42 Å². The SMILES string of the molecule is c1ccc(-c2ccc(C3=NC(c4cccc5oc6c(-c7ccc(-c8ccccc8)cc7)cccc6c45)N=C(c4ccc5ccccc5c4)N3)cc2)cc1. The minimum absolute atomic E-state index is 0.500. The number of benzene rings is 8. The fourth-order valence-electron chi connectivity index (χ4n) is 7.46. The summed E-state index contributed by atoms with van der Waals surface area (Å²) in [7, 11) is 0. The Morgan fingerprint density at radius 1 is 0.415 bits per heavy atom. The Morgan fingerprint density at radius 3 is 1.66 bits per heavy atom. The zero-order valence-electron chi connectivity index (χ0n) is 28.8. The quantitative estimate of drug-likeness (QED) is 0.190. The van der Waals surface area contributed by atoms with Crippen molar-refractivity contribution in [2.75, 3.05) is 0 Å². The second kappa shape index (κ2) is 12.9. The van der Waals surface area contributed by atoms with Crippen molar-refractivity contribution in [1.29, 1.82) is 0 Å². The third-order valence-corrected chi connectivity index (χ3v) is 10.2. The second-order valence-electron chi connectivity index (χ2n) is 13.4. The monoisotopic (exact) mass is 679 g/mol. The lowest BCUT2D eigenvalue weighted by atomic mass is 9.97. The maximum Gasteiger partial charge on any atom is 0.170 e. The molecule has 1 aliphatic heterocycles. The van der Waals surface area contributed by atoms with Gasteiger partial charge in [-0.05, 0) is 50.7 Å². The van der Waals surface area contributed by atoms with E-state index in [1.165, 1.54) is 22.1 Å². The lowest BCUT2D eigenvalue weighted by Crippen LogP contribution is -2.36. The van der Waals surface area contributed by atoms with Crippen molar-refractivity contribution in [2.24, 2.45) is 9.98 Å². The van der Waals surface area contributed by atoms with Gasteiger partial charge in [-0.15, -0.1) is 0 Å². The third kappa shape index (κ3) is 5.67. The van der Waals surface area contributed by atoms with E-state index in [1.807, 2.05) is 24.3 Å². The molecule has 0 fully saturated rings. The minimum atomic E-state index is -0.500. The first kappa shape index (κ1) is 30.8. The molecule has 1 atom stereocenters. The van der Waals surface area contributed by atoms with E-state index in [4.69, 9.17) is 14.4 Å². The average molecular weight is 680 g/mol. The molecule has 0 saturated carbocycles. The number of para-hydroxylation sites is 1. The van der Waals surface area contributed by atoms with Crippen LogP contribution in [0.1, 0.15) is 22.9 Å². The summed E-state index contributed by atoms with van der Waals surface area (Å²) >= 11 is 0. The number of hydrogen-bond acceptors (Lipinski definition) is 4. The zero-order chi connectivity index (χ0) is 35.1. The van der Waals surface area contributed by atoms with Gasteiger partial charge in [0, 0.05) is 33.0 Å². The Labute approximate surface area is 307 Å². The average Bonchev–Trinajstić information content (AvgIpc) is 3.63. The van der Waals surface area contributed by atoms with Crippen LogP contribution in [0.2, 0.25) is 0 Å². The Morgan fingerprint density at radius 2 is 0.962 bits per heavy atom. The summed E-state index contributed by atoms with van der Waals surface area (Å²) in [5, 5.41) is 8.04. The fourth-order valence-corrected chi connectivity index (χ4v) is 7.46. The molecule has 1 N–H and O–H groups in total. The number of nitrogens with one attached hydrogen (secondary N) is 1. The Balaban J connectivity index is 1.09. The van der Waals surface area contributed by atoms with Crippen LogP contribution in [-0.4, -0.2) is 11.7 Å². The van der Waals surface area contributed by atoms with Crippen molar-refractivity contribution in [3.63, 3.8) is 0 Å². The van der Waals surface area contributed by atoms with Crippen LogP contribution >= 0.6 is 0 Å². The second-order valence-corrected chi connectivity index (χ2v) is 13.4. The predicted molar refractivity (Wildman–Crippen MR) is 219 cm³/mol. The van der Waals surface area contributed by atoms with Gasteiger partial charge in [0.05, 0.1) is 0 Å². The van der Waals surface area contributed by atoms with E-state index in [0.29, 0.717) is 0 Å². The first-order valence-corrected chi connectivity index (χ1v) is 17.9. The molecule has 1 aromatic heterocycles. The van der Waals surface area contributed by atoms with Crippen molar-refractivity contribution in [3.8, 4) is 33.4 Å². The molecule has 8 aromatic carbocycles. The molecule has 0 radical (unpaired) electrons. The molecule has 0 spiro atoms. The van der Waals surface area contributed by atoms with Gasteiger partial charge in [0.25, 0.3) is 0 Å². The van der Waals surface area contributed by atoms with Crippen LogP contribution in [0.4, 0.5) is 0 Å². The van der Waals surface area contributed by atoms with Crippen LogP contribution in [-0.2, 0) is 0 Å². The Bertz CT molecular complexity index is 2830. The number of hydrogen-bond donors (Lipinski definition) is 1. The standard InChI is InChI=1S/C49H33N3O/c1-3-11-32(12-4-1)35-21-26-37(27-22-35)41-17-9-18-42-45-43(19-10-20-44(45)53-46(41)42)49-51-47(38-28-23-36(24-29-38)33-13-5-2-6-14-33)50-48(52-49)40-30-25-34-15-7-8-16-39(34)31-40/h1-31,49H,(H,50,51,52). The minimum Gasteiger partial charge on any atom is -0.455 e. The highest BCUT2D eigenvalue weighted by Gasteiger charge is 2.25. The molecular weight excluding hydrogens is 647 g/mol. The van der Waals surface area contributed by atoms with Crippen LogP contribution in [0.25, 0.3) is 66.1 Å². The van der Waals surface area contributed by atoms with Gasteiger partial charge in [-0.1, -0.05) is 176 Å². The largest absolute Gasteiger partial charge is 0.455 e. The molecule has 2 heterocycles. The van der Waals surface area contributed by atoms with E-state index in [9.17, 15) is 0 Å². The molecule has 0 saturated heterocycles. The molecule has 1 unspecified atom stereocenters. The summed E-state index contributed by atoms with van der Waals surface area (Å²) in [6, 6.07) is 65.7. The number of rotatable bonds is 6. The maximum absolute atomic E-state index is 6.70. The van der Waals surface area contributed by atoms with Gasteiger partial charge in [-0.2, -0.15) is 0 Å². The molecule has 4 heteroatoms. The third-order valence-electron chi connectivity index (χ3n) is 10.2. The van der Waals surface area contributed by atoms with E-state index in [-0.39, 0.29) is 0 Å². The molecule has 0 bridgehead atoms. The van der Waals surface area contributed by atoms with Gasteiger partial charge >= 0.3 is 0 Å². The summed E-state index contributed by atoms with van der Waals surface area (Å²) < 4.78 is 6.70. The van der Waals surface area contributed by atoms with Gasteiger partial charge in [0.15, 0.2) is 6.17 Å². The molecule has 1 aliphatic rings. The van der Waals surface area contributed by atoms with Gasteiger partial charge in [0.2, 0.25) is 0 Å². The van der Waals surface area contributed by atoms with Gasteiger partial charge < -0.3 is 9.73 Å². The molecule has 53 heavy (non-hydrogen) atoms. The van der Waals surface area contributed by atoms with Crippen LogP contribution in [0.5, 0.6) is 0 Å². The molecule has 250 valence electrons. The van der Waals surface area contributed by atoms with Crippen LogP contribution < -0.4 is 5.32 Å². The summed E-state index contributed by atoms with van der Waals surface area (Å²) in [5.41, 5.74) is 11.5. The van der Waals surface area contributed by atoms with Crippen LogP contribution in [0.3, 0.4) is 0 Å². The summed E-state index contributed by atoms with van der Waals surface area (Å²) in [6.07, 6.45) is -0.500. The topological polar surface area (TPSA) is 49.9 Å². The van der Waals surface area contributed by atoms with Gasteiger partial charge in [0.1, 0.15) is 22.8 Å². The smallest absolute Gasteiger partial charge is 0.170 e. The number of nitrogens with zero attached hydrogens (tertiary/aromatic N) is 2. The van der Waals surface area contributed by atoms with Crippen molar-refractivity contribution in [2.45, 2.75) is 6.17 Å². The van der Waals surface area contributed by atoms with Crippen molar-refractivity contribution in [3.05, 3.63) is 205 Å². The first-order valence-electron chi connectivity index (χ1n) is 17.9. The van der Waals surface area contributed by atoms with E-state index in [2.05, 4.69) is 169 Å². The zero-order valence-corrected chi connectivity index (χ0v) is 28.8. The maximum atomic E-state index is 6.70. The van der Waals surface area contributed by atoms with E-state index < -0.39 is 6.17 Å². The first-order chi connectivity index (χ1) is 26.2. The molecule has 0 aliphatic carbocycles. The molecule has 9 aromatic rings. The lowest BCUT2D eigenvalue weighted by Gasteiger charge is -2.23. The highest BCUT2D eigenvalue weighted by Crippen LogP contribution is 2.41. The highest BCUT2D eigenvalue weighted by molar-refractivity contribution is 6.17. The fraction of sp³-hybridized carbons (Fsp3) is 0.0204. The highest BCUT2D eigenvalue weighted by atomic mass is 16.3. The van der Waals surface area contributed by atoms with Gasteiger partial charge in [-0.3, -0.25) is 0 Å².